The third-order valence-corrected chi connectivity index (χ3v) is 4.17. The quantitative estimate of drug-likeness (QED) is 0.721. The summed E-state index contributed by atoms with van der Waals surface area (Å²) >= 11 is 0. The first-order valence-electron chi connectivity index (χ1n) is 8.32. The van der Waals surface area contributed by atoms with E-state index in [0.717, 1.165) is 34.5 Å². The van der Waals surface area contributed by atoms with Gasteiger partial charge in [0.2, 0.25) is 0 Å². The molecule has 3 rings (SSSR count). The van der Waals surface area contributed by atoms with Gasteiger partial charge in [0.05, 0.1) is 0 Å². The van der Waals surface area contributed by atoms with E-state index in [4.69, 9.17) is 0 Å². The van der Waals surface area contributed by atoms with Crippen LogP contribution in [0.1, 0.15) is 22.9 Å². The molecule has 0 spiro atoms. The zero-order valence-electron chi connectivity index (χ0n) is 14.8. The Hall–Kier alpha value is -3.12. The third-order valence-electron chi connectivity index (χ3n) is 4.17. The summed E-state index contributed by atoms with van der Waals surface area (Å²) in [6.07, 6.45) is 0.0921. The van der Waals surface area contributed by atoms with E-state index >= 15 is 0 Å². The number of rotatable bonds is 4. The Morgan fingerprint density at radius 2 is 1.74 bits per heavy atom. The highest BCUT2D eigenvalue weighted by Gasteiger charge is 2.19. The zero-order valence-corrected chi connectivity index (χ0v) is 14.8. The largest absolute Gasteiger partial charge is 0.378 e. The summed E-state index contributed by atoms with van der Waals surface area (Å²) in [5.41, 5.74) is 4.06. The molecule has 2 N–H and O–H groups in total. The maximum Gasteiger partial charge on any atom is 0.257 e. The van der Waals surface area contributed by atoms with Gasteiger partial charge in [0.1, 0.15) is 11.6 Å². The average molecular weight is 368 g/mol. The smallest absolute Gasteiger partial charge is 0.257 e. The van der Waals surface area contributed by atoms with E-state index in [0.29, 0.717) is 11.8 Å². The van der Waals surface area contributed by atoms with E-state index < -0.39 is 23.6 Å². The number of anilines is 1. The minimum absolute atomic E-state index is 0.149. The van der Waals surface area contributed by atoms with Gasteiger partial charge in [-0.3, -0.25) is 9.78 Å². The minimum atomic E-state index is -1.68. The van der Waals surface area contributed by atoms with Gasteiger partial charge >= 0.3 is 0 Å². The Morgan fingerprint density at radius 1 is 1.04 bits per heavy atom. The van der Waals surface area contributed by atoms with Crippen molar-refractivity contribution in [2.45, 2.75) is 20.0 Å². The molecule has 1 unspecified atom stereocenters. The van der Waals surface area contributed by atoms with Crippen LogP contribution in [0.2, 0.25) is 0 Å². The number of carbonyl (C=O) groups excluding carboxylic acids is 1. The molecule has 27 heavy (non-hydrogen) atoms. The number of hydrogen-bond donors (Lipinski definition) is 2. The maximum absolute atomic E-state index is 13.3. The Morgan fingerprint density at radius 3 is 2.33 bits per heavy atom. The van der Waals surface area contributed by atoms with Gasteiger partial charge in [0.25, 0.3) is 5.91 Å². The number of hydrogen-bond acceptors (Lipinski definition) is 3. The predicted octanol–water partition coefficient (Wildman–Crippen LogP) is 4.32. The molecular formula is C21H18F2N2O2. The van der Waals surface area contributed by atoms with Crippen LogP contribution in [-0.2, 0) is 4.79 Å². The number of aryl methyl sites for hydroxylation is 2. The molecule has 138 valence electrons. The number of nitrogens with zero attached hydrogens (tertiary/aromatic N) is 1. The van der Waals surface area contributed by atoms with E-state index in [9.17, 15) is 18.7 Å². The molecule has 0 aliphatic carbocycles. The number of carbonyl (C=O) groups is 1. The molecule has 0 bridgehead atoms. The monoisotopic (exact) mass is 368 g/mol. The van der Waals surface area contributed by atoms with Crippen molar-refractivity contribution in [2.75, 3.05) is 5.32 Å². The van der Waals surface area contributed by atoms with Crippen molar-refractivity contribution in [1.29, 1.82) is 0 Å². The van der Waals surface area contributed by atoms with Gasteiger partial charge in [0, 0.05) is 29.2 Å². The second kappa shape index (κ2) is 7.63. The van der Waals surface area contributed by atoms with Crippen LogP contribution in [0.15, 0.2) is 54.7 Å². The average Bonchev–Trinajstić information content (AvgIpc) is 2.61. The highest BCUT2D eigenvalue weighted by Crippen LogP contribution is 2.26. The molecule has 0 saturated carbocycles. The number of nitrogens with one attached hydrogen (secondary N) is 1. The molecule has 0 radical (unpaired) electrons. The first-order chi connectivity index (χ1) is 12.8. The van der Waals surface area contributed by atoms with Gasteiger partial charge in [-0.05, 0) is 60.9 Å². The molecule has 0 aliphatic heterocycles. The van der Waals surface area contributed by atoms with E-state index in [1.54, 1.807) is 18.3 Å². The first-order valence-corrected chi connectivity index (χ1v) is 8.32. The zero-order chi connectivity index (χ0) is 19.6. The minimum Gasteiger partial charge on any atom is -0.378 e. The summed E-state index contributed by atoms with van der Waals surface area (Å²) in [5.74, 6) is -2.49. The summed E-state index contributed by atoms with van der Waals surface area (Å²) in [6, 6.07) is 11.7. The molecule has 1 atom stereocenters. The fraction of sp³-hybridized carbons (Fsp3) is 0.143. The van der Waals surface area contributed by atoms with Crippen LogP contribution in [0.25, 0.3) is 11.1 Å². The molecule has 0 aliphatic rings. The number of aromatic nitrogens is 1. The van der Waals surface area contributed by atoms with E-state index in [-0.39, 0.29) is 5.56 Å². The van der Waals surface area contributed by atoms with Crippen LogP contribution in [-0.4, -0.2) is 16.0 Å². The number of aliphatic hydroxyl groups excluding tert-OH is 1. The molecule has 2 aromatic carbocycles. The lowest BCUT2D eigenvalue weighted by Crippen LogP contribution is -2.21. The van der Waals surface area contributed by atoms with E-state index in [1.807, 2.05) is 32.0 Å². The lowest BCUT2D eigenvalue weighted by atomic mass is 10.0. The second-order valence-corrected chi connectivity index (χ2v) is 6.31. The highest BCUT2D eigenvalue weighted by molar-refractivity contribution is 5.95. The molecule has 3 aromatic rings. The van der Waals surface area contributed by atoms with Gasteiger partial charge in [-0.15, -0.1) is 0 Å². The van der Waals surface area contributed by atoms with Gasteiger partial charge < -0.3 is 10.4 Å². The van der Waals surface area contributed by atoms with Crippen molar-refractivity contribution in [3.8, 4) is 11.1 Å². The summed E-state index contributed by atoms with van der Waals surface area (Å²) in [4.78, 5) is 16.5. The number of benzene rings is 2. The molecule has 0 saturated heterocycles. The lowest BCUT2D eigenvalue weighted by Gasteiger charge is -2.14. The van der Waals surface area contributed by atoms with Gasteiger partial charge in [0.15, 0.2) is 6.10 Å². The molecule has 4 nitrogen and oxygen atoms in total. The highest BCUT2D eigenvalue weighted by atomic mass is 19.1. The van der Waals surface area contributed by atoms with Crippen molar-refractivity contribution < 1.29 is 18.7 Å². The Balaban J connectivity index is 1.78. The molecule has 6 heteroatoms. The Labute approximate surface area is 155 Å². The number of aliphatic hydroxyl groups is 1. The molecule has 0 fully saturated rings. The van der Waals surface area contributed by atoms with Gasteiger partial charge in [-0.2, -0.15) is 0 Å². The van der Waals surface area contributed by atoms with E-state index in [1.165, 1.54) is 0 Å². The topological polar surface area (TPSA) is 62.2 Å². The lowest BCUT2D eigenvalue weighted by molar-refractivity contribution is -0.124. The van der Waals surface area contributed by atoms with Crippen LogP contribution in [0.3, 0.4) is 0 Å². The first kappa shape index (κ1) is 18.7. The van der Waals surface area contributed by atoms with Crippen molar-refractivity contribution >= 4 is 11.6 Å². The van der Waals surface area contributed by atoms with Crippen molar-refractivity contribution in [2.24, 2.45) is 0 Å². The summed E-state index contributed by atoms with van der Waals surface area (Å²) in [7, 11) is 0. The fourth-order valence-corrected chi connectivity index (χ4v) is 2.79. The molecule has 1 amide bonds. The predicted molar refractivity (Wildman–Crippen MR) is 99.1 cm³/mol. The standard InChI is InChI=1S/C21H18F2N2O2/c1-12-7-18(5-6-19(12)14-4-3-13(2)24-11-14)25-21(27)20(26)15-8-16(22)10-17(23)9-15/h3-11,20,26H,1-2H3,(H,25,27). The summed E-state index contributed by atoms with van der Waals surface area (Å²) < 4.78 is 26.5. The molecule has 1 aromatic heterocycles. The van der Waals surface area contributed by atoms with Gasteiger partial charge in [-0.1, -0.05) is 12.1 Å². The Kier molecular flexibility index (Phi) is 5.28. The van der Waals surface area contributed by atoms with Crippen molar-refractivity contribution in [1.82, 2.24) is 4.98 Å². The maximum atomic E-state index is 13.3. The van der Waals surface area contributed by atoms with Crippen LogP contribution in [0.5, 0.6) is 0 Å². The summed E-state index contributed by atoms with van der Waals surface area (Å²) in [5, 5.41) is 12.6. The van der Waals surface area contributed by atoms with E-state index in [2.05, 4.69) is 10.3 Å². The number of amides is 1. The normalized spacial score (nSPS) is 11.9. The fourth-order valence-electron chi connectivity index (χ4n) is 2.79. The number of halogens is 2. The summed E-state index contributed by atoms with van der Waals surface area (Å²) in [6.45, 7) is 3.80. The SMILES string of the molecule is Cc1ccc(-c2ccc(NC(=O)C(O)c3cc(F)cc(F)c3)cc2C)cn1. The van der Waals surface area contributed by atoms with Crippen LogP contribution >= 0.6 is 0 Å². The third kappa shape index (κ3) is 4.35. The van der Waals surface area contributed by atoms with Crippen LogP contribution < -0.4 is 5.32 Å². The van der Waals surface area contributed by atoms with Gasteiger partial charge in [-0.25, -0.2) is 8.78 Å². The second-order valence-electron chi connectivity index (χ2n) is 6.31. The molecular weight excluding hydrogens is 350 g/mol. The Bertz CT molecular complexity index is 968. The molecule has 1 heterocycles. The van der Waals surface area contributed by atoms with Crippen molar-refractivity contribution in [3.05, 3.63) is 83.2 Å². The van der Waals surface area contributed by atoms with Crippen molar-refractivity contribution in [3.63, 3.8) is 0 Å². The van der Waals surface area contributed by atoms with Crippen LogP contribution in [0.4, 0.5) is 14.5 Å². The van der Waals surface area contributed by atoms with Crippen LogP contribution in [0, 0.1) is 25.5 Å². The number of pyridine rings is 1.